The number of hydrogen-bond donors (Lipinski definition) is 0. The van der Waals surface area contributed by atoms with Gasteiger partial charge >= 0.3 is 0 Å². The Labute approximate surface area is 155 Å². The number of nitrogens with zero attached hydrogens (tertiary/aromatic N) is 3. The lowest BCUT2D eigenvalue weighted by Crippen LogP contribution is -2.08. The average Bonchev–Trinajstić information content (AvgIpc) is 3.05. The Bertz CT molecular complexity index is 1090. The summed E-state index contributed by atoms with van der Waals surface area (Å²) in [7, 11) is 0. The van der Waals surface area contributed by atoms with Gasteiger partial charge in [0, 0.05) is 18.7 Å². The van der Waals surface area contributed by atoms with Crippen LogP contribution in [-0.4, -0.2) is 14.5 Å². The summed E-state index contributed by atoms with van der Waals surface area (Å²) in [4.78, 5) is 15.4. The summed E-state index contributed by atoms with van der Waals surface area (Å²) in [6.45, 7) is 0.795. The highest BCUT2D eigenvalue weighted by molar-refractivity contribution is 5.76. The number of non-ortho nitro benzene ring substituents is 1. The minimum absolute atomic E-state index is 0.0824. The fraction of sp³-hybridized carbons (Fsp3) is 0.0952. The van der Waals surface area contributed by atoms with Crippen molar-refractivity contribution in [2.75, 3.05) is 0 Å². The number of para-hydroxylation sites is 3. The SMILES string of the molecule is O=[N+]([O-])c1cccc(Cn2c(COc3ccccc3)nc3ccccc32)c1. The van der Waals surface area contributed by atoms with E-state index in [4.69, 9.17) is 4.74 Å². The van der Waals surface area contributed by atoms with E-state index in [1.165, 1.54) is 6.07 Å². The number of nitro groups is 1. The van der Waals surface area contributed by atoms with E-state index in [0.717, 1.165) is 28.2 Å². The number of benzene rings is 3. The van der Waals surface area contributed by atoms with Gasteiger partial charge in [0.2, 0.25) is 0 Å². The fourth-order valence-corrected chi connectivity index (χ4v) is 3.03. The number of hydrogen-bond acceptors (Lipinski definition) is 4. The van der Waals surface area contributed by atoms with Gasteiger partial charge < -0.3 is 9.30 Å². The number of imidazole rings is 1. The smallest absolute Gasteiger partial charge is 0.269 e. The predicted molar refractivity (Wildman–Crippen MR) is 103 cm³/mol. The van der Waals surface area contributed by atoms with Crippen LogP contribution in [0.5, 0.6) is 5.75 Å². The Morgan fingerprint density at radius 2 is 1.74 bits per heavy atom. The predicted octanol–water partition coefficient (Wildman–Crippen LogP) is 4.57. The van der Waals surface area contributed by atoms with Crippen LogP contribution in [0.15, 0.2) is 78.9 Å². The average molecular weight is 359 g/mol. The van der Waals surface area contributed by atoms with Gasteiger partial charge in [-0.05, 0) is 29.8 Å². The van der Waals surface area contributed by atoms with Crippen molar-refractivity contribution in [3.05, 3.63) is 100 Å². The van der Waals surface area contributed by atoms with Crippen LogP contribution < -0.4 is 4.74 Å². The summed E-state index contributed by atoms with van der Waals surface area (Å²) >= 11 is 0. The molecule has 0 saturated carbocycles. The Morgan fingerprint density at radius 1 is 0.963 bits per heavy atom. The molecule has 0 aliphatic heterocycles. The van der Waals surface area contributed by atoms with Crippen LogP contribution in [0.2, 0.25) is 0 Å². The van der Waals surface area contributed by atoms with Crippen LogP contribution in [0.3, 0.4) is 0 Å². The van der Waals surface area contributed by atoms with Crippen LogP contribution >= 0.6 is 0 Å². The van der Waals surface area contributed by atoms with Gasteiger partial charge in [-0.25, -0.2) is 4.98 Å². The molecule has 6 heteroatoms. The highest BCUT2D eigenvalue weighted by Crippen LogP contribution is 2.21. The van der Waals surface area contributed by atoms with Crippen LogP contribution in [0, 0.1) is 10.1 Å². The highest BCUT2D eigenvalue weighted by atomic mass is 16.6. The third-order valence-electron chi connectivity index (χ3n) is 4.31. The molecule has 27 heavy (non-hydrogen) atoms. The summed E-state index contributed by atoms with van der Waals surface area (Å²) in [6, 6.07) is 24.1. The minimum atomic E-state index is -0.380. The monoisotopic (exact) mass is 359 g/mol. The minimum Gasteiger partial charge on any atom is -0.486 e. The van der Waals surface area contributed by atoms with Crippen molar-refractivity contribution < 1.29 is 9.66 Å². The van der Waals surface area contributed by atoms with E-state index in [1.54, 1.807) is 12.1 Å². The molecule has 0 bridgehead atoms. The zero-order valence-corrected chi connectivity index (χ0v) is 14.5. The molecule has 0 spiro atoms. The van der Waals surface area contributed by atoms with Gasteiger partial charge in [0.25, 0.3) is 5.69 Å². The van der Waals surface area contributed by atoms with E-state index >= 15 is 0 Å². The molecule has 0 fully saturated rings. The lowest BCUT2D eigenvalue weighted by Gasteiger charge is -2.11. The molecule has 0 N–H and O–H groups in total. The molecule has 3 aromatic carbocycles. The maximum atomic E-state index is 11.1. The van der Waals surface area contributed by atoms with Crippen LogP contribution in [0.25, 0.3) is 11.0 Å². The maximum Gasteiger partial charge on any atom is 0.269 e. The number of nitro benzene ring substituents is 1. The topological polar surface area (TPSA) is 70.2 Å². The summed E-state index contributed by atoms with van der Waals surface area (Å²) < 4.78 is 7.91. The molecule has 0 atom stereocenters. The Hall–Kier alpha value is -3.67. The lowest BCUT2D eigenvalue weighted by molar-refractivity contribution is -0.384. The van der Waals surface area contributed by atoms with E-state index < -0.39 is 0 Å². The number of rotatable bonds is 6. The quantitative estimate of drug-likeness (QED) is 0.373. The molecule has 4 aromatic rings. The first kappa shape index (κ1) is 16.8. The Kier molecular flexibility index (Phi) is 4.53. The normalized spacial score (nSPS) is 10.8. The van der Waals surface area contributed by atoms with E-state index in [-0.39, 0.29) is 10.6 Å². The molecule has 134 valence electrons. The number of ether oxygens (including phenoxy) is 1. The second-order valence-electron chi connectivity index (χ2n) is 6.13. The van der Waals surface area contributed by atoms with Crippen molar-refractivity contribution >= 4 is 16.7 Å². The summed E-state index contributed by atoms with van der Waals surface area (Å²) in [5.74, 6) is 1.54. The first-order valence-corrected chi connectivity index (χ1v) is 8.56. The molecule has 4 rings (SSSR count). The van der Waals surface area contributed by atoms with Gasteiger partial charge in [0.05, 0.1) is 16.0 Å². The molecule has 0 aliphatic rings. The molecule has 0 saturated heterocycles. The molecule has 1 heterocycles. The van der Waals surface area contributed by atoms with Gasteiger partial charge in [-0.3, -0.25) is 10.1 Å². The van der Waals surface area contributed by atoms with Crippen LogP contribution in [0.4, 0.5) is 5.69 Å². The van der Waals surface area contributed by atoms with E-state index in [2.05, 4.69) is 4.98 Å². The summed E-state index contributed by atoms with van der Waals surface area (Å²) in [5.41, 5.74) is 2.76. The Balaban J connectivity index is 1.68. The number of aromatic nitrogens is 2. The molecule has 0 amide bonds. The largest absolute Gasteiger partial charge is 0.486 e. The van der Waals surface area contributed by atoms with Gasteiger partial charge in [0.15, 0.2) is 0 Å². The second kappa shape index (κ2) is 7.29. The van der Waals surface area contributed by atoms with Gasteiger partial charge in [-0.15, -0.1) is 0 Å². The lowest BCUT2D eigenvalue weighted by atomic mass is 10.2. The first-order valence-electron chi connectivity index (χ1n) is 8.56. The van der Waals surface area contributed by atoms with Crippen LogP contribution in [0.1, 0.15) is 11.4 Å². The third-order valence-corrected chi connectivity index (χ3v) is 4.31. The number of fused-ring (bicyclic) bond motifs is 1. The highest BCUT2D eigenvalue weighted by Gasteiger charge is 2.13. The van der Waals surface area contributed by atoms with Crippen molar-refractivity contribution in [2.24, 2.45) is 0 Å². The molecule has 1 aromatic heterocycles. The molecular weight excluding hydrogens is 342 g/mol. The van der Waals surface area contributed by atoms with Crippen molar-refractivity contribution in [2.45, 2.75) is 13.2 Å². The molecular formula is C21H17N3O3. The van der Waals surface area contributed by atoms with Crippen molar-refractivity contribution in [1.29, 1.82) is 0 Å². The molecule has 0 unspecified atom stereocenters. The first-order chi connectivity index (χ1) is 13.2. The van der Waals surface area contributed by atoms with E-state index in [9.17, 15) is 10.1 Å². The maximum absolute atomic E-state index is 11.1. The van der Waals surface area contributed by atoms with E-state index in [0.29, 0.717) is 13.2 Å². The standard InChI is InChI=1S/C21H17N3O3/c25-24(26)17-8-6-7-16(13-17)14-23-20-12-5-4-11-19(20)22-21(23)15-27-18-9-2-1-3-10-18/h1-13H,14-15H2. The second-order valence-corrected chi connectivity index (χ2v) is 6.13. The van der Waals surface area contributed by atoms with Crippen molar-refractivity contribution in [3.8, 4) is 5.75 Å². The summed E-state index contributed by atoms with van der Waals surface area (Å²) in [5, 5.41) is 11.1. The van der Waals surface area contributed by atoms with E-state index in [1.807, 2.05) is 65.2 Å². The van der Waals surface area contributed by atoms with Crippen molar-refractivity contribution in [3.63, 3.8) is 0 Å². The third kappa shape index (κ3) is 3.64. The Morgan fingerprint density at radius 3 is 2.56 bits per heavy atom. The fourth-order valence-electron chi connectivity index (χ4n) is 3.03. The zero-order chi connectivity index (χ0) is 18.6. The molecule has 0 radical (unpaired) electrons. The molecule has 6 nitrogen and oxygen atoms in total. The molecule has 0 aliphatic carbocycles. The van der Waals surface area contributed by atoms with Gasteiger partial charge in [-0.2, -0.15) is 0 Å². The van der Waals surface area contributed by atoms with Crippen LogP contribution in [-0.2, 0) is 13.2 Å². The van der Waals surface area contributed by atoms with Gasteiger partial charge in [-0.1, -0.05) is 42.5 Å². The van der Waals surface area contributed by atoms with Gasteiger partial charge in [0.1, 0.15) is 18.2 Å². The van der Waals surface area contributed by atoms with Crippen molar-refractivity contribution in [1.82, 2.24) is 9.55 Å². The zero-order valence-electron chi connectivity index (χ0n) is 14.5. The summed E-state index contributed by atoms with van der Waals surface area (Å²) in [6.07, 6.45) is 0.